The Balaban J connectivity index is 2.43. The maximum absolute atomic E-state index is 5.67. The van der Waals surface area contributed by atoms with E-state index >= 15 is 0 Å². The summed E-state index contributed by atoms with van der Waals surface area (Å²) < 4.78 is 5.67. The highest BCUT2D eigenvalue weighted by Crippen LogP contribution is 2.29. The van der Waals surface area contributed by atoms with E-state index in [0.29, 0.717) is 5.76 Å². The minimum atomic E-state index is 0.707. The van der Waals surface area contributed by atoms with Gasteiger partial charge < -0.3 is 15.0 Å². The number of allylic oxidation sites excluding steroid dienone is 1. The van der Waals surface area contributed by atoms with Crippen molar-refractivity contribution < 1.29 is 4.74 Å². The first-order chi connectivity index (χ1) is 8.22. The van der Waals surface area contributed by atoms with Crippen molar-refractivity contribution in [1.29, 1.82) is 0 Å². The average molecular weight is 230 g/mol. The average Bonchev–Trinajstić information content (AvgIpc) is 2.70. The van der Waals surface area contributed by atoms with E-state index in [4.69, 9.17) is 4.74 Å². The Labute approximate surface area is 101 Å². The van der Waals surface area contributed by atoms with Crippen molar-refractivity contribution in [2.24, 2.45) is 0 Å². The molecule has 1 heterocycles. The number of H-pyrrole nitrogens is 1. The van der Waals surface area contributed by atoms with Gasteiger partial charge in [0.15, 0.2) is 0 Å². The van der Waals surface area contributed by atoms with Crippen LogP contribution in [0.1, 0.15) is 12.5 Å². The van der Waals surface area contributed by atoms with Crippen molar-refractivity contribution in [1.82, 2.24) is 10.3 Å². The van der Waals surface area contributed by atoms with Gasteiger partial charge >= 0.3 is 0 Å². The minimum Gasteiger partial charge on any atom is -0.462 e. The van der Waals surface area contributed by atoms with Crippen LogP contribution in [-0.2, 0) is 6.42 Å². The summed E-state index contributed by atoms with van der Waals surface area (Å²) in [5, 5.41) is 4.32. The Morgan fingerprint density at radius 1 is 1.47 bits per heavy atom. The molecule has 0 saturated heterocycles. The van der Waals surface area contributed by atoms with E-state index in [9.17, 15) is 0 Å². The molecule has 1 aromatic heterocycles. The Bertz CT molecular complexity index is 528. The molecule has 0 aliphatic rings. The van der Waals surface area contributed by atoms with Crippen LogP contribution in [0.5, 0.6) is 5.75 Å². The van der Waals surface area contributed by atoms with Crippen LogP contribution in [0.3, 0.4) is 0 Å². The third-order valence-electron chi connectivity index (χ3n) is 2.68. The summed E-state index contributed by atoms with van der Waals surface area (Å²) in [7, 11) is 1.96. The van der Waals surface area contributed by atoms with Crippen molar-refractivity contribution >= 4 is 10.9 Å². The van der Waals surface area contributed by atoms with Gasteiger partial charge in [0.05, 0.1) is 5.76 Å². The highest BCUT2D eigenvalue weighted by Gasteiger charge is 2.09. The van der Waals surface area contributed by atoms with Crippen LogP contribution in [0.15, 0.2) is 36.7 Å². The lowest BCUT2D eigenvalue weighted by atomic mass is 10.1. The first kappa shape index (κ1) is 11.7. The van der Waals surface area contributed by atoms with Gasteiger partial charge in [0.25, 0.3) is 0 Å². The SMILES string of the molecule is C=C(C)Oc1cccc2[nH]cc(CCNC)c12. The lowest BCUT2D eigenvalue weighted by Gasteiger charge is -2.07. The summed E-state index contributed by atoms with van der Waals surface area (Å²) >= 11 is 0. The molecular weight excluding hydrogens is 212 g/mol. The predicted octanol–water partition coefficient (Wildman–Crippen LogP) is 2.84. The third kappa shape index (κ3) is 2.50. The number of fused-ring (bicyclic) bond motifs is 1. The standard InChI is InChI=1S/C14H18N2O/c1-10(2)17-13-6-4-5-12-14(13)11(9-16-12)7-8-15-3/h4-6,9,15-16H,1,7-8H2,2-3H3. The monoisotopic (exact) mass is 230 g/mol. The van der Waals surface area contributed by atoms with Crippen LogP contribution in [0.2, 0.25) is 0 Å². The molecule has 0 atom stereocenters. The van der Waals surface area contributed by atoms with Gasteiger partial charge in [-0.3, -0.25) is 0 Å². The van der Waals surface area contributed by atoms with E-state index in [2.05, 4.69) is 22.9 Å². The Morgan fingerprint density at radius 2 is 2.29 bits per heavy atom. The maximum Gasteiger partial charge on any atom is 0.136 e. The van der Waals surface area contributed by atoms with Crippen molar-refractivity contribution in [2.75, 3.05) is 13.6 Å². The fourth-order valence-corrected chi connectivity index (χ4v) is 1.95. The number of nitrogens with one attached hydrogen (secondary N) is 2. The second kappa shape index (κ2) is 5.06. The zero-order chi connectivity index (χ0) is 12.3. The largest absolute Gasteiger partial charge is 0.462 e. The van der Waals surface area contributed by atoms with Crippen molar-refractivity contribution in [3.63, 3.8) is 0 Å². The van der Waals surface area contributed by atoms with E-state index < -0.39 is 0 Å². The zero-order valence-electron chi connectivity index (χ0n) is 10.3. The zero-order valence-corrected chi connectivity index (χ0v) is 10.3. The number of likely N-dealkylation sites (N-methyl/N-ethyl adjacent to an activating group) is 1. The van der Waals surface area contributed by atoms with Gasteiger partial charge in [-0.2, -0.15) is 0 Å². The van der Waals surface area contributed by atoms with Crippen LogP contribution in [0.4, 0.5) is 0 Å². The van der Waals surface area contributed by atoms with Gasteiger partial charge in [0.1, 0.15) is 5.75 Å². The molecule has 3 heteroatoms. The summed E-state index contributed by atoms with van der Waals surface area (Å²) in [6.45, 7) is 6.60. The van der Waals surface area contributed by atoms with Crippen molar-refractivity contribution in [2.45, 2.75) is 13.3 Å². The summed E-state index contributed by atoms with van der Waals surface area (Å²) in [6.07, 6.45) is 3.03. The maximum atomic E-state index is 5.67. The van der Waals surface area contributed by atoms with Crippen LogP contribution in [-0.4, -0.2) is 18.6 Å². The fraction of sp³-hybridized carbons (Fsp3) is 0.286. The van der Waals surface area contributed by atoms with E-state index in [1.807, 2.05) is 32.3 Å². The van der Waals surface area contributed by atoms with Gasteiger partial charge in [0.2, 0.25) is 0 Å². The van der Waals surface area contributed by atoms with Crippen LogP contribution < -0.4 is 10.1 Å². The summed E-state index contributed by atoms with van der Waals surface area (Å²) in [6, 6.07) is 6.02. The van der Waals surface area contributed by atoms with Gasteiger partial charge in [-0.15, -0.1) is 0 Å². The number of ether oxygens (including phenoxy) is 1. The van der Waals surface area contributed by atoms with E-state index in [1.54, 1.807) is 0 Å². The molecule has 2 rings (SSSR count). The van der Waals surface area contributed by atoms with Crippen LogP contribution >= 0.6 is 0 Å². The smallest absolute Gasteiger partial charge is 0.136 e. The molecule has 0 amide bonds. The molecule has 0 unspecified atom stereocenters. The number of hydrogen-bond acceptors (Lipinski definition) is 2. The molecule has 0 fully saturated rings. The molecule has 0 aliphatic heterocycles. The summed E-state index contributed by atoms with van der Waals surface area (Å²) in [5.41, 5.74) is 2.38. The molecule has 2 aromatic rings. The van der Waals surface area contributed by atoms with Gasteiger partial charge in [0, 0.05) is 17.1 Å². The summed E-state index contributed by atoms with van der Waals surface area (Å²) in [5.74, 6) is 1.58. The van der Waals surface area contributed by atoms with Gasteiger partial charge in [-0.25, -0.2) is 0 Å². The van der Waals surface area contributed by atoms with E-state index in [0.717, 1.165) is 29.6 Å². The topological polar surface area (TPSA) is 37.0 Å². The van der Waals surface area contributed by atoms with Crippen molar-refractivity contribution in [3.05, 3.63) is 42.3 Å². The summed E-state index contributed by atoms with van der Waals surface area (Å²) in [4.78, 5) is 3.27. The molecule has 0 spiro atoms. The molecule has 17 heavy (non-hydrogen) atoms. The highest BCUT2D eigenvalue weighted by molar-refractivity contribution is 5.89. The number of benzene rings is 1. The van der Waals surface area contributed by atoms with E-state index in [-0.39, 0.29) is 0 Å². The Kier molecular flexibility index (Phi) is 3.49. The first-order valence-corrected chi connectivity index (χ1v) is 5.79. The second-order valence-electron chi connectivity index (χ2n) is 4.15. The number of rotatable bonds is 5. The lowest BCUT2D eigenvalue weighted by Crippen LogP contribution is -2.10. The molecule has 3 nitrogen and oxygen atoms in total. The molecule has 0 aliphatic carbocycles. The number of hydrogen-bond donors (Lipinski definition) is 2. The highest BCUT2D eigenvalue weighted by atomic mass is 16.5. The number of aromatic nitrogens is 1. The van der Waals surface area contributed by atoms with Gasteiger partial charge in [-0.05, 0) is 44.6 Å². The van der Waals surface area contributed by atoms with Crippen LogP contribution in [0, 0.1) is 0 Å². The Hall–Kier alpha value is -1.74. The molecule has 0 radical (unpaired) electrons. The first-order valence-electron chi connectivity index (χ1n) is 5.79. The van der Waals surface area contributed by atoms with Gasteiger partial charge in [-0.1, -0.05) is 12.6 Å². The molecule has 2 N–H and O–H groups in total. The number of aromatic amines is 1. The fourth-order valence-electron chi connectivity index (χ4n) is 1.95. The molecule has 90 valence electrons. The predicted molar refractivity (Wildman–Crippen MR) is 71.4 cm³/mol. The van der Waals surface area contributed by atoms with E-state index in [1.165, 1.54) is 5.56 Å². The second-order valence-corrected chi connectivity index (χ2v) is 4.15. The van der Waals surface area contributed by atoms with Crippen molar-refractivity contribution in [3.8, 4) is 5.75 Å². The minimum absolute atomic E-state index is 0.707. The van der Waals surface area contributed by atoms with Crippen LogP contribution in [0.25, 0.3) is 10.9 Å². The molecular formula is C14H18N2O. The quantitative estimate of drug-likeness (QED) is 0.775. The normalized spacial score (nSPS) is 10.7. The molecule has 1 aromatic carbocycles. The lowest BCUT2D eigenvalue weighted by molar-refractivity contribution is 0.435. The molecule has 0 bridgehead atoms. The molecule has 0 saturated carbocycles. The third-order valence-corrected chi connectivity index (χ3v) is 2.68. The Morgan fingerprint density at radius 3 is 3.00 bits per heavy atom.